The summed E-state index contributed by atoms with van der Waals surface area (Å²) in [7, 11) is 0. The van der Waals surface area contributed by atoms with Gasteiger partial charge in [0.1, 0.15) is 11.6 Å². The molecule has 0 spiro atoms. The summed E-state index contributed by atoms with van der Waals surface area (Å²) in [6.45, 7) is 4.03. The van der Waals surface area contributed by atoms with E-state index in [1.165, 1.54) is 0 Å². The largest absolute Gasteiger partial charge is 2.00 e. The first kappa shape index (κ1) is 19.6. The van der Waals surface area contributed by atoms with Crippen molar-refractivity contribution in [2.24, 2.45) is 0 Å². The van der Waals surface area contributed by atoms with E-state index >= 15 is 0 Å². The van der Waals surface area contributed by atoms with Crippen LogP contribution in [0.5, 0.6) is 0 Å². The van der Waals surface area contributed by atoms with Crippen LogP contribution in [0.25, 0.3) is 0 Å². The molecule has 0 aliphatic heterocycles. The molecule has 0 aliphatic carbocycles. The van der Waals surface area contributed by atoms with Crippen LogP contribution in [-0.4, -0.2) is 11.6 Å². The summed E-state index contributed by atoms with van der Waals surface area (Å²) in [5, 5.41) is 0. The number of ketones is 2. The molecule has 3 heteroatoms. The fraction of sp³-hybridized carbons (Fsp3) is 0.333. The molecular formula is C18H22FeO2. The molecule has 2 nitrogen and oxygen atoms in total. The molecule has 2 rings (SSSR count). The fourth-order valence-corrected chi connectivity index (χ4v) is 1.86. The summed E-state index contributed by atoms with van der Waals surface area (Å²) in [5.41, 5.74) is 1.70. The Hall–Kier alpha value is -1.44. The van der Waals surface area contributed by atoms with E-state index in [-0.39, 0.29) is 28.6 Å². The molecule has 21 heavy (non-hydrogen) atoms. The molecule has 0 unspecified atom stereocenters. The Morgan fingerprint density at radius 2 is 1.00 bits per heavy atom. The van der Waals surface area contributed by atoms with E-state index < -0.39 is 0 Å². The molecule has 0 saturated carbocycles. The molecule has 0 saturated heterocycles. The summed E-state index contributed by atoms with van der Waals surface area (Å²) in [6.07, 6.45) is 3.21. The molecule has 0 radical (unpaired) electrons. The van der Waals surface area contributed by atoms with Crippen molar-refractivity contribution in [2.75, 3.05) is 0 Å². The Bertz CT molecular complexity index is 447. The molecule has 0 heterocycles. The molecule has 2 aromatic rings. The standard InChI is InChI=1S/2C9H11O.Fe/c2*1-2-5-9(10)8-6-3-4-7-8;/h2*3-4,6-7H,2,5H2,1H3;/q2*-1;+2. The van der Waals surface area contributed by atoms with Crippen LogP contribution >= 0.6 is 0 Å². The summed E-state index contributed by atoms with van der Waals surface area (Å²) < 4.78 is 0. The minimum atomic E-state index is 0. The van der Waals surface area contributed by atoms with Gasteiger partial charge >= 0.3 is 17.1 Å². The van der Waals surface area contributed by atoms with Crippen LogP contribution in [0.4, 0.5) is 0 Å². The Morgan fingerprint density at radius 1 is 0.714 bits per heavy atom. The second-order valence-corrected chi connectivity index (χ2v) is 4.69. The number of carbonyl (C=O) groups excluding carboxylic acids is 2. The SMILES string of the molecule is CCCC(=O)[c-]1cccc1.CCCC(=O)[c-]1cccc1.[Fe+2]. The third-order valence-corrected chi connectivity index (χ3v) is 2.92. The minimum Gasteiger partial charge on any atom is -0.309 e. The maximum atomic E-state index is 11.1. The molecule has 0 bridgehead atoms. The Morgan fingerprint density at radius 3 is 1.24 bits per heavy atom. The van der Waals surface area contributed by atoms with Crippen molar-refractivity contribution in [3.63, 3.8) is 0 Å². The monoisotopic (exact) mass is 326 g/mol. The zero-order valence-corrected chi connectivity index (χ0v) is 13.7. The van der Waals surface area contributed by atoms with Crippen molar-refractivity contribution < 1.29 is 26.7 Å². The van der Waals surface area contributed by atoms with E-state index in [0.29, 0.717) is 12.8 Å². The molecular weight excluding hydrogens is 304 g/mol. The van der Waals surface area contributed by atoms with Gasteiger partial charge in [-0.25, -0.2) is 24.3 Å². The van der Waals surface area contributed by atoms with E-state index in [0.717, 1.165) is 24.0 Å². The van der Waals surface area contributed by atoms with Gasteiger partial charge in [-0.2, -0.15) is 24.3 Å². The number of hydrogen-bond acceptors (Lipinski definition) is 2. The van der Waals surface area contributed by atoms with Gasteiger partial charge in [0.15, 0.2) is 0 Å². The van der Waals surface area contributed by atoms with Gasteiger partial charge in [-0.3, -0.25) is 0 Å². The van der Waals surface area contributed by atoms with Crippen molar-refractivity contribution in [3.8, 4) is 0 Å². The van der Waals surface area contributed by atoms with Crippen molar-refractivity contribution in [1.82, 2.24) is 0 Å². The zero-order valence-electron chi connectivity index (χ0n) is 12.6. The first-order valence-electron chi connectivity index (χ1n) is 7.18. The topological polar surface area (TPSA) is 34.1 Å². The second-order valence-electron chi connectivity index (χ2n) is 4.69. The Balaban J connectivity index is 0.000000364. The molecule has 0 amide bonds. The Labute approximate surface area is 137 Å². The van der Waals surface area contributed by atoms with Crippen LogP contribution in [-0.2, 0) is 17.1 Å². The molecule has 2 aromatic carbocycles. The quantitative estimate of drug-likeness (QED) is 0.435. The van der Waals surface area contributed by atoms with Gasteiger partial charge in [0, 0.05) is 0 Å². The van der Waals surface area contributed by atoms with Gasteiger partial charge in [-0.15, -0.1) is 0 Å². The maximum Gasteiger partial charge on any atom is 2.00 e. The van der Waals surface area contributed by atoms with Crippen LogP contribution in [0.15, 0.2) is 48.5 Å². The van der Waals surface area contributed by atoms with E-state index in [2.05, 4.69) is 0 Å². The molecule has 0 atom stereocenters. The van der Waals surface area contributed by atoms with Gasteiger partial charge in [-0.05, 0) is 25.7 Å². The maximum absolute atomic E-state index is 11.1. The number of carbonyl (C=O) groups is 2. The van der Waals surface area contributed by atoms with E-state index in [1.54, 1.807) is 0 Å². The molecule has 114 valence electrons. The van der Waals surface area contributed by atoms with Gasteiger partial charge in [0.25, 0.3) is 0 Å². The van der Waals surface area contributed by atoms with Gasteiger partial charge in [-0.1, -0.05) is 25.0 Å². The zero-order chi connectivity index (χ0) is 14.8. The van der Waals surface area contributed by atoms with Crippen LogP contribution in [0.3, 0.4) is 0 Å². The predicted octanol–water partition coefficient (Wildman–Crippen LogP) is 4.77. The van der Waals surface area contributed by atoms with Crippen molar-refractivity contribution in [1.29, 1.82) is 0 Å². The fourth-order valence-electron chi connectivity index (χ4n) is 1.86. The summed E-state index contributed by atoms with van der Waals surface area (Å²) in [6, 6.07) is 15.0. The molecule has 0 aliphatic rings. The van der Waals surface area contributed by atoms with E-state index in [4.69, 9.17) is 0 Å². The van der Waals surface area contributed by atoms with E-state index in [9.17, 15) is 9.59 Å². The third-order valence-electron chi connectivity index (χ3n) is 2.92. The molecule has 0 N–H and O–H groups in total. The average Bonchev–Trinajstić information content (AvgIpc) is 3.14. The van der Waals surface area contributed by atoms with Gasteiger partial charge in [0.2, 0.25) is 0 Å². The van der Waals surface area contributed by atoms with Gasteiger partial charge < -0.3 is 9.59 Å². The van der Waals surface area contributed by atoms with E-state index in [1.807, 2.05) is 62.4 Å². The number of rotatable bonds is 6. The third kappa shape index (κ3) is 7.21. The molecule has 0 aromatic heterocycles. The number of Topliss-reactive ketones (excluding diaryl/α,β-unsaturated/α-hetero) is 2. The first-order chi connectivity index (χ1) is 9.69. The second kappa shape index (κ2) is 11.2. The minimum absolute atomic E-state index is 0. The summed E-state index contributed by atoms with van der Waals surface area (Å²) in [5.74, 6) is 0.514. The molecule has 0 fully saturated rings. The summed E-state index contributed by atoms with van der Waals surface area (Å²) >= 11 is 0. The predicted molar refractivity (Wildman–Crippen MR) is 82.5 cm³/mol. The van der Waals surface area contributed by atoms with Crippen molar-refractivity contribution >= 4 is 11.6 Å². The van der Waals surface area contributed by atoms with Crippen LogP contribution in [0.1, 0.15) is 60.2 Å². The summed E-state index contributed by atoms with van der Waals surface area (Å²) in [4.78, 5) is 22.2. The number of hydrogen-bond donors (Lipinski definition) is 0. The van der Waals surface area contributed by atoms with Gasteiger partial charge in [0.05, 0.1) is 0 Å². The van der Waals surface area contributed by atoms with Crippen LogP contribution in [0.2, 0.25) is 0 Å². The average molecular weight is 326 g/mol. The normalized spacial score (nSPS) is 9.24. The van der Waals surface area contributed by atoms with Crippen molar-refractivity contribution in [3.05, 3.63) is 59.7 Å². The Kier molecular flexibility index (Phi) is 10.5. The first-order valence-corrected chi connectivity index (χ1v) is 7.18. The smallest absolute Gasteiger partial charge is 0.309 e. The van der Waals surface area contributed by atoms with Crippen LogP contribution < -0.4 is 0 Å². The van der Waals surface area contributed by atoms with Crippen LogP contribution in [0, 0.1) is 0 Å². The van der Waals surface area contributed by atoms with Crippen molar-refractivity contribution in [2.45, 2.75) is 39.5 Å².